The first-order valence-corrected chi connectivity index (χ1v) is 12.9. The van der Waals surface area contributed by atoms with E-state index in [2.05, 4.69) is 20.0 Å². The average molecular weight is 486 g/mol. The first-order chi connectivity index (χ1) is 15.8. The molecule has 1 aliphatic rings. The number of piperazine rings is 1. The Morgan fingerprint density at radius 1 is 1.12 bits per heavy atom. The number of H-pyrrole nitrogens is 1. The molecule has 1 aliphatic heterocycles. The topological polar surface area (TPSA) is 112 Å². The fourth-order valence-electron chi connectivity index (χ4n) is 4.21. The van der Waals surface area contributed by atoms with Gasteiger partial charge in [0.05, 0.1) is 11.9 Å². The van der Waals surface area contributed by atoms with Crippen molar-refractivity contribution in [1.29, 1.82) is 0 Å². The maximum atomic E-state index is 13.0. The molecule has 4 heterocycles. The number of nitrogens with one attached hydrogen (secondary N) is 1. The Kier molecular flexibility index (Phi) is 5.65. The number of hydrogen-bond acceptors (Lipinski definition) is 8. The number of fused-ring (bicyclic) bond motifs is 1. The molecule has 0 aliphatic carbocycles. The molecule has 1 saturated heterocycles. The fourth-order valence-corrected chi connectivity index (χ4v) is 6.89. The lowest BCUT2D eigenvalue weighted by molar-refractivity contribution is 0.178. The lowest BCUT2D eigenvalue weighted by Gasteiger charge is -2.33. The van der Waals surface area contributed by atoms with E-state index in [4.69, 9.17) is 4.52 Å². The molecule has 5 rings (SSSR count). The van der Waals surface area contributed by atoms with E-state index in [1.54, 1.807) is 13.8 Å². The van der Waals surface area contributed by atoms with Crippen molar-refractivity contribution in [3.8, 4) is 11.1 Å². The number of hydrogen-bond donors (Lipinski definition) is 1. The molecule has 0 unspecified atom stereocenters. The van der Waals surface area contributed by atoms with Gasteiger partial charge in [0.15, 0.2) is 5.76 Å². The van der Waals surface area contributed by atoms with Crippen molar-refractivity contribution in [2.45, 2.75) is 25.3 Å². The Balaban J connectivity index is 1.31. The summed E-state index contributed by atoms with van der Waals surface area (Å²) in [5, 5.41) is 6.33. The molecule has 1 fully saturated rings. The SMILES string of the molecule is Cc1noc(C)c1S(=O)(=O)N1CCN(Cc2nc3scc(-c4ccccc4)c3c(=O)[nH]2)CC1. The number of nitrogens with zero attached hydrogens (tertiary/aromatic N) is 4. The van der Waals surface area contributed by atoms with Crippen LogP contribution in [0.3, 0.4) is 0 Å². The van der Waals surface area contributed by atoms with Gasteiger partial charge in [-0.2, -0.15) is 4.31 Å². The highest BCUT2D eigenvalue weighted by Gasteiger charge is 2.33. The minimum Gasteiger partial charge on any atom is -0.360 e. The van der Waals surface area contributed by atoms with Crippen molar-refractivity contribution in [3.05, 3.63) is 63.3 Å². The Morgan fingerprint density at radius 2 is 1.85 bits per heavy atom. The molecule has 0 atom stereocenters. The largest absolute Gasteiger partial charge is 0.360 e. The van der Waals surface area contributed by atoms with Crippen LogP contribution >= 0.6 is 11.3 Å². The Labute approximate surface area is 194 Å². The van der Waals surface area contributed by atoms with Crippen LogP contribution in [0.5, 0.6) is 0 Å². The Bertz CT molecular complexity index is 1450. The number of benzene rings is 1. The molecule has 0 saturated carbocycles. The van der Waals surface area contributed by atoms with E-state index >= 15 is 0 Å². The van der Waals surface area contributed by atoms with Gasteiger partial charge in [0.2, 0.25) is 10.0 Å². The fraction of sp³-hybridized carbons (Fsp3) is 0.318. The number of rotatable bonds is 5. The summed E-state index contributed by atoms with van der Waals surface area (Å²) in [6, 6.07) is 9.79. The van der Waals surface area contributed by atoms with E-state index in [-0.39, 0.29) is 10.5 Å². The smallest absolute Gasteiger partial charge is 0.260 e. The van der Waals surface area contributed by atoms with Crippen LogP contribution in [0.1, 0.15) is 17.3 Å². The lowest BCUT2D eigenvalue weighted by Crippen LogP contribution is -2.48. The van der Waals surface area contributed by atoms with E-state index in [0.29, 0.717) is 60.2 Å². The third-order valence-electron chi connectivity index (χ3n) is 5.85. The van der Waals surface area contributed by atoms with Crippen LogP contribution in [-0.4, -0.2) is 58.9 Å². The summed E-state index contributed by atoms with van der Waals surface area (Å²) < 4.78 is 32.5. The molecule has 0 spiro atoms. The minimum atomic E-state index is -3.66. The van der Waals surface area contributed by atoms with Gasteiger partial charge < -0.3 is 9.51 Å². The van der Waals surface area contributed by atoms with E-state index in [1.165, 1.54) is 15.6 Å². The van der Waals surface area contributed by atoms with Crippen LogP contribution in [0.15, 0.2) is 49.9 Å². The monoisotopic (exact) mass is 485 g/mol. The molecule has 11 heteroatoms. The maximum Gasteiger partial charge on any atom is 0.260 e. The minimum absolute atomic E-state index is 0.152. The zero-order chi connectivity index (χ0) is 23.2. The standard InChI is InChI=1S/C22H23N5O4S2/c1-14-20(15(2)31-25-14)33(29,30)27-10-8-26(9-11-27)12-18-23-21(28)19-17(13-32-22(19)24-18)16-6-4-3-5-7-16/h3-7,13H,8-12H2,1-2H3,(H,23,24,28). The highest BCUT2D eigenvalue weighted by atomic mass is 32.2. The Hall–Kier alpha value is -2.86. The first kappa shape index (κ1) is 22.0. The van der Waals surface area contributed by atoms with Gasteiger partial charge in [-0.25, -0.2) is 13.4 Å². The summed E-state index contributed by atoms with van der Waals surface area (Å²) in [4.78, 5) is 23.4. The summed E-state index contributed by atoms with van der Waals surface area (Å²) in [5.41, 5.74) is 2.08. The lowest BCUT2D eigenvalue weighted by atomic mass is 10.1. The normalized spacial score (nSPS) is 15.9. The van der Waals surface area contributed by atoms with Crippen LogP contribution in [0.25, 0.3) is 21.3 Å². The molecule has 1 N–H and O–H groups in total. The molecule has 1 aromatic carbocycles. The van der Waals surface area contributed by atoms with Crippen molar-refractivity contribution in [2.24, 2.45) is 0 Å². The number of aromatic amines is 1. The van der Waals surface area contributed by atoms with Crippen molar-refractivity contribution in [2.75, 3.05) is 26.2 Å². The maximum absolute atomic E-state index is 13.0. The highest BCUT2D eigenvalue weighted by molar-refractivity contribution is 7.89. The van der Waals surface area contributed by atoms with Crippen LogP contribution in [0, 0.1) is 13.8 Å². The summed E-state index contributed by atoms with van der Waals surface area (Å²) in [6.07, 6.45) is 0. The van der Waals surface area contributed by atoms with E-state index < -0.39 is 10.0 Å². The van der Waals surface area contributed by atoms with Gasteiger partial charge in [-0.3, -0.25) is 9.69 Å². The summed E-state index contributed by atoms with van der Waals surface area (Å²) in [7, 11) is -3.66. The molecular formula is C22H23N5O4S2. The number of aryl methyl sites for hydroxylation is 2. The molecule has 9 nitrogen and oxygen atoms in total. The summed E-state index contributed by atoms with van der Waals surface area (Å²) in [5.74, 6) is 0.881. The second kappa shape index (κ2) is 8.49. The molecule has 0 radical (unpaired) electrons. The van der Waals surface area contributed by atoms with Crippen LogP contribution in [0.4, 0.5) is 0 Å². The zero-order valence-electron chi connectivity index (χ0n) is 18.2. The van der Waals surface area contributed by atoms with E-state index in [0.717, 1.165) is 11.1 Å². The van der Waals surface area contributed by atoms with Gasteiger partial charge in [0.1, 0.15) is 21.2 Å². The predicted octanol–water partition coefficient (Wildman–Crippen LogP) is 2.76. The predicted molar refractivity (Wildman–Crippen MR) is 126 cm³/mol. The molecule has 0 bridgehead atoms. The van der Waals surface area contributed by atoms with Crippen LogP contribution in [-0.2, 0) is 16.6 Å². The van der Waals surface area contributed by atoms with Gasteiger partial charge in [0.25, 0.3) is 5.56 Å². The van der Waals surface area contributed by atoms with Crippen molar-refractivity contribution in [1.82, 2.24) is 24.3 Å². The second-order valence-corrected chi connectivity index (χ2v) is 10.8. The highest BCUT2D eigenvalue weighted by Crippen LogP contribution is 2.30. The molecule has 3 aromatic heterocycles. The van der Waals surface area contributed by atoms with Crippen LogP contribution in [0.2, 0.25) is 0 Å². The van der Waals surface area contributed by atoms with Gasteiger partial charge >= 0.3 is 0 Å². The van der Waals surface area contributed by atoms with Gasteiger partial charge in [-0.05, 0) is 19.4 Å². The van der Waals surface area contributed by atoms with Gasteiger partial charge in [-0.15, -0.1) is 11.3 Å². The van der Waals surface area contributed by atoms with Crippen molar-refractivity contribution >= 4 is 31.6 Å². The zero-order valence-corrected chi connectivity index (χ0v) is 19.9. The van der Waals surface area contributed by atoms with Crippen molar-refractivity contribution < 1.29 is 12.9 Å². The summed E-state index contributed by atoms with van der Waals surface area (Å²) >= 11 is 1.45. The first-order valence-electron chi connectivity index (χ1n) is 10.6. The van der Waals surface area contributed by atoms with E-state index in [1.807, 2.05) is 35.7 Å². The number of sulfonamides is 1. The van der Waals surface area contributed by atoms with Gasteiger partial charge in [-0.1, -0.05) is 35.5 Å². The molecule has 172 valence electrons. The molecular weight excluding hydrogens is 462 g/mol. The third kappa shape index (κ3) is 4.01. The summed E-state index contributed by atoms with van der Waals surface area (Å²) in [6.45, 7) is 5.43. The quantitative estimate of drug-likeness (QED) is 0.462. The molecule has 0 amide bonds. The van der Waals surface area contributed by atoms with Crippen LogP contribution < -0.4 is 5.56 Å². The van der Waals surface area contributed by atoms with Gasteiger partial charge in [0, 0.05) is 37.1 Å². The number of thiophene rings is 1. The third-order valence-corrected chi connectivity index (χ3v) is 8.86. The molecule has 33 heavy (non-hydrogen) atoms. The molecule has 4 aromatic rings. The Morgan fingerprint density at radius 3 is 2.52 bits per heavy atom. The van der Waals surface area contributed by atoms with Crippen molar-refractivity contribution in [3.63, 3.8) is 0 Å². The second-order valence-electron chi connectivity index (χ2n) is 8.04. The number of aromatic nitrogens is 3. The van der Waals surface area contributed by atoms with E-state index in [9.17, 15) is 13.2 Å². The average Bonchev–Trinajstić information content (AvgIpc) is 3.38.